The number of fused-ring (bicyclic) bond motifs is 1. The summed E-state index contributed by atoms with van der Waals surface area (Å²) in [6, 6.07) is 11.9. The molecule has 1 aliphatic carbocycles. The molecule has 1 atom stereocenters. The Morgan fingerprint density at radius 2 is 1.96 bits per heavy atom. The normalized spacial score (nSPS) is 16.5. The van der Waals surface area contributed by atoms with Gasteiger partial charge >= 0.3 is 0 Å². The van der Waals surface area contributed by atoms with Gasteiger partial charge in [0.05, 0.1) is 5.02 Å². The summed E-state index contributed by atoms with van der Waals surface area (Å²) in [5, 5.41) is 0.634. The lowest BCUT2D eigenvalue weighted by Crippen LogP contribution is -2.44. The summed E-state index contributed by atoms with van der Waals surface area (Å²) >= 11 is 12.1. The van der Waals surface area contributed by atoms with Gasteiger partial charge in [-0.05, 0) is 48.9 Å². The predicted molar refractivity (Wildman–Crippen MR) is 97.8 cm³/mol. The van der Waals surface area contributed by atoms with Crippen molar-refractivity contribution in [2.45, 2.75) is 38.6 Å². The Morgan fingerprint density at radius 1 is 1.21 bits per heavy atom. The molecule has 0 fully saturated rings. The van der Waals surface area contributed by atoms with Crippen molar-refractivity contribution in [1.29, 1.82) is 0 Å². The number of pyridine rings is 1. The zero-order valence-corrected chi connectivity index (χ0v) is 15.1. The molecule has 3 nitrogen and oxygen atoms in total. The molecule has 0 bridgehead atoms. The molecule has 3 rings (SSSR count). The topological polar surface area (TPSA) is 33.2 Å². The first kappa shape index (κ1) is 17.2. The number of aromatic nitrogens is 1. The van der Waals surface area contributed by atoms with Crippen LogP contribution in [0.2, 0.25) is 10.2 Å². The molecule has 1 aromatic carbocycles. The fourth-order valence-corrected chi connectivity index (χ4v) is 3.67. The largest absolute Gasteiger partial charge is 0.334 e. The van der Waals surface area contributed by atoms with Crippen LogP contribution in [0, 0.1) is 0 Å². The van der Waals surface area contributed by atoms with E-state index in [1.54, 1.807) is 12.1 Å². The predicted octanol–water partition coefficient (Wildman–Crippen LogP) is 4.80. The summed E-state index contributed by atoms with van der Waals surface area (Å²) in [6.07, 6.45) is 3.72. The number of hydrogen-bond acceptors (Lipinski definition) is 2. The Balaban J connectivity index is 1.87. The number of nitrogens with zero attached hydrogens (tertiary/aromatic N) is 2. The van der Waals surface area contributed by atoms with Gasteiger partial charge in [-0.3, -0.25) is 4.79 Å². The highest BCUT2D eigenvalue weighted by molar-refractivity contribution is 6.34. The molecular weight excluding hydrogens is 343 g/mol. The van der Waals surface area contributed by atoms with E-state index in [0.717, 1.165) is 25.7 Å². The fraction of sp³-hybridized carbons (Fsp3) is 0.368. The van der Waals surface area contributed by atoms with Crippen LogP contribution in [-0.2, 0) is 12.8 Å². The molecule has 1 amide bonds. The van der Waals surface area contributed by atoms with Crippen LogP contribution in [0.1, 0.15) is 41.4 Å². The molecule has 1 aliphatic rings. The molecule has 0 saturated heterocycles. The van der Waals surface area contributed by atoms with E-state index < -0.39 is 0 Å². The summed E-state index contributed by atoms with van der Waals surface area (Å²) in [6.45, 7) is 2.76. The third-order valence-electron chi connectivity index (χ3n) is 4.50. The first-order valence-electron chi connectivity index (χ1n) is 8.30. The number of benzene rings is 1. The van der Waals surface area contributed by atoms with E-state index in [2.05, 4.69) is 36.2 Å². The van der Waals surface area contributed by atoms with Crippen molar-refractivity contribution in [1.82, 2.24) is 9.88 Å². The lowest BCUT2D eigenvalue weighted by molar-refractivity contribution is 0.0656. The number of carbonyl (C=O) groups excluding carboxylic acids is 1. The van der Waals surface area contributed by atoms with Crippen LogP contribution in [-0.4, -0.2) is 28.4 Å². The van der Waals surface area contributed by atoms with Crippen molar-refractivity contribution in [3.63, 3.8) is 0 Å². The highest BCUT2D eigenvalue weighted by Gasteiger charge is 2.29. The van der Waals surface area contributed by atoms with Crippen LogP contribution in [0.25, 0.3) is 0 Å². The van der Waals surface area contributed by atoms with Crippen LogP contribution in [0.3, 0.4) is 0 Å². The molecule has 0 aliphatic heterocycles. The van der Waals surface area contributed by atoms with Crippen molar-refractivity contribution < 1.29 is 4.79 Å². The van der Waals surface area contributed by atoms with Crippen LogP contribution in [0.5, 0.6) is 0 Å². The van der Waals surface area contributed by atoms with Gasteiger partial charge in [0.1, 0.15) is 10.8 Å². The molecule has 126 valence electrons. The Kier molecular flexibility index (Phi) is 5.42. The maximum Gasteiger partial charge on any atom is 0.274 e. The zero-order valence-electron chi connectivity index (χ0n) is 13.6. The third kappa shape index (κ3) is 3.57. The van der Waals surface area contributed by atoms with E-state index >= 15 is 0 Å². The van der Waals surface area contributed by atoms with Crippen molar-refractivity contribution in [2.24, 2.45) is 0 Å². The van der Waals surface area contributed by atoms with Crippen LogP contribution in [0.15, 0.2) is 36.4 Å². The average molecular weight is 363 g/mol. The van der Waals surface area contributed by atoms with Crippen LogP contribution >= 0.6 is 23.2 Å². The van der Waals surface area contributed by atoms with Gasteiger partial charge in [-0.1, -0.05) is 54.4 Å². The molecule has 1 aromatic heterocycles. The van der Waals surface area contributed by atoms with Crippen LogP contribution in [0.4, 0.5) is 0 Å². The molecule has 0 saturated carbocycles. The lowest BCUT2D eigenvalue weighted by Gasteiger charge is -2.35. The first-order chi connectivity index (χ1) is 11.6. The second-order valence-electron chi connectivity index (χ2n) is 6.13. The smallest absolute Gasteiger partial charge is 0.274 e. The lowest BCUT2D eigenvalue weighted by atomic mass is 9.87. The van der Waals surface area contributed by atoms with E-state index in [-0.39, 0.29) is 22.8 Å². The number of aryl methyl sites for hydroxylation is 1. The van der Waals surface area contributed by atoms with E-state index in [1.807, 2.05) is 4.90 Å². The van der Waals surface area contributed by atoms with Crippen molar-refractivity contribution in [3.05, 3.63) is 63.4 Å². The standard InChI is InChI=1S/C19H20Cl2N2O/c1-2-11-23(19(24)18-16(20)9-10-17(21)22-18)15-8-7-13-5-3-4-6-14(13)12-15/h3-6,9-10,15H,2,7-8,11-12H2,1H3. The minimum Gasteiger partial charge on any atom is -0.334 e. The highest BCUT2D eigenvalue weighted by Crippen LogP contribution is 2.27. The average Bonchev–Trinajstić information content (AvgIpc) is 2.61. The maximum atomic E-state index is 13.0. The summed E-state index contributed by atoms with van der Waals surface area (Å²) in [5.41, 5.74) is 2.96. The van der Waals surface area contributed by atoms with E-state index in [4.69, 9.17) is 23.2 Å². The molecule has 5 heteroatoms. The highest BCUT2D eigenvalue weighted by atomic mass is 35.5. The number of hydrogen-bond donors (Lipinski definition) is 0. The number of halogens is 2. The maximum absolute atomic E-state index is 13.0. The van der Waals surface area contributed by atoms with Crippen molar-refractivity contribution in [2.75, 3.05) is 6.54 Å². The van der Waals surface area contributed by atoms with Crippen molar-refractivity contribution in [3.8, 4) is 0 Å². The van der Waals surface area contributed by atoms with Gasteiger partial charge < -0.3 is 4.90 Å². The minimum atomic E-state index is -0.131. The fourth-order valence-electron chi connectivity index (χ4n) is 3.34. The zero-order chi connectivity index (χ0) is 17.1. The Hall–Kier alpha value is -1.58. The van der Waals surface area contributed by atoms with E-state index in [0.29, 0.717) is 11.6 Å². The molecule has 1 unspecified atom stereocenters. The van der Waals surface area contributed by atoms with E-state index in [1.165, 1.54) is 11.1 Å². The van der Waals surface area contributed by atoms with Gasteiger partial charge in [0.15, 0.2) is 0 Å². The number of rotatable bonds is 4. The Labute approximate surface area is 152 Å². The molecule has 2 aromatic rings. The number of amides is 1. The second kappa shape index (κ2) is 7.54. The van der Waals surface area contributed by atoms with Gasteiger partial charge in [0, 0.05) is 12.6 Å². The molecular formula is C19H20Cl2N2O. The quantitative estimate of drug-likeness (QED) is 0.732. The molecule has 0 spiro atoms. The molecule has 0 radical (unpaired) electrons. The molecule has 24 heavy (non-hydrogen) atoms. The molecule has 1 heterocycles. The molecule has 0 N–H and O–H groups in total. The van der Waals surface area contributed by atoms with Gasteiger partial charge in [-0.15, -0.1) is 0 Å². The minimum absolute atomic E-state index is 0.131. The summed E-state index contributed by atoms with van der Waals surface area (Å²) in [4.78, 5) is 19.1. The Morgan fingerprint density at radius 3 is 2.71 bits per heavy atom. The van der Waals surface area contributed by atoms with Gasteiger partial charge in [-0.25, -0.2) is 4.98 Å². The van der Waals surface area contributed by atoms with Crippen molar-refractivity contribution >= 4 is 29.1 Å². The van der Waals surface area contributed by atoms with E-state index in [9.17, 15) is 4.79 Å². The Bertz CT molecular complexity index is 748. The third-order valence-corrected chi connectivity index (χ3v) is 5.02. The SMILES string of the molecule is CCCN(C(=O)c1nc(Cl)ccc1Cl)C1CCc2ccccc2C1. The first-order valence-corrected chi connectivity index (χ1v) is 9.05. The van der Waals surface area contributed by atoms with Gasteiger partial charge in [0.2, 0.25) is 0 Å². The summed E-state index contributed by atoms with van der Waals surface area (Å²) in [5.74, 6) is -0.131. The number of carbonyl (C=O) groups is 1. The monoisotopic (exact) mass is 362 g/mol. The second-order valence-corrected chi connectivity index (χ2v) is 6.92. The van der Waals surface area contributed by atoms with Gasteiger partial charge in [-0.2, -0.15) is 0 Å². The van der Waals surface area contributed by atoms with Gasteiger partial charge in [0.25, 0.3) is 5.91 Å². The van der Waals surface area contributed by atoms with Crippen LogP contribution < -0.4 is 0 Å². The summed E-state index contributed by atoms with van der Waals surface area (Å²) < 4.78 is 0. The summed E-state index contributed by atoms with van der Waals surface area (Å²) in [7, 11) is 0.